The van der Waals surface area contributed by atoms with Crippen molar-refractivity contribution in [3.8, 4) is 0 Å². The third-order valence-electron chi connectivity index (χ3n) is 17.0. The molecular weight excluding hydrogens is 624 g/mol. The van der Waals surface area contributed by atoms with Gasteiger partial charge in [0.1, 0.15) is 6.42 Å². The molecule has 4 heterocycles. The van der Waals surface area contributed by atoms with Crippen LogP contribution in [0.1, 0.15) is 125 Å². The number of piperazine rings is 1. The van der Waals surface area contributed by atoms with Gasteiger partial charge in [-0.15, -0.1) is 0 Å². The van der Waals surface area contributed by atoms with Crippen LogP contribution in [0, 0.1) is 52.3 Å². The van der Waals surface area contributed by atoms with Gasteiger partial charge in [0, 0.05) is 56.6 Å². The number of ether oxygens (including phenoxy) is 2. The number of hydrogen-bond acceptors (Lipinski definition) is 6. The molecule has 4 saturated carbocycles. The van der Waals surface area contributed by atoms with E-state index in [2.05, 4.69) is 56.7 Å². The maximum absolute atomic E-state index is 13.2. The normalized spacial score (nSPS) is 47.1. The maximum atomic E-state index is 13.2. The molecule has 4 aliphatic carbocycles. The molecule has 8 fully saturated rings. The van der Waals surface area contributed by atoms with Crippen LogP contribution in [-0.4, -0.2) is 102 Å². The summed E-state index contributed by atoms with van der Waals surface area (Å²) in [5, 5.41) is 3.36. The Balaban J connectivity index is 0.814. The van der Waals surface area contributed by atoms with Crippen molar-refractivity contribution >= 4 is 11.8 Å². The van der Waals surface area contributed by atoms with Crippen molar-refractivity contribution in [2.45, 2.75) is 155 Å². The van der Waals surface area contributed by atoms with Crippen LogP contribution >= 0.6 is 0 Å². The number of carbonyl (C=O) groups is 2. The number of amides is 2. The molecule has 1 N–H and O–H groups in total. The van der Waals surface area contributed by atoms with Crippen molar-refractivity contribution in [2.75, 3.05) is 45.9 Å². The van der Waals surface area contributed by atoms with Crippen molar-refractivity contribution in [3.05, 3.63) is 0 Å². The van der Waals surface area contributed by atoms with Crippen molar-refractivity contribution in [1.29, 1.82) is 0 Å². The Bertz CT molecular complexity index is 1250. The number of likely N-dealkylation sites (tertiary alicyclic amines) is 1. The third-order valence-corrected chi connectivity index (χ3v) is 17.0. The Kier molecular flexibility index (Phi) is 9.71. The highest BCUT2D eigenvalue weighted by Gasteiger charge is 2.69. The smallest absolute Gasteiger partial charge is 0.232 e. The molecular formula is C42H70N4O4. The van der Waals surface area contributed by atoms with Gasteiger partial charge in [-0.05, 0) is 144 Å². The Morgan fingerprint density at radius 2 is 1.56 bits per heavy atom. The molecule has 1 unspecified atom stereocenters. The maximum Gasteiger partial charge on any atom is 0.232 e. The first-order valence-electron chi connectivity index (χ1n) is 21.3. The summed E-state index contributed by atoms with van der Waals surface area (Å²) in [6, 6.07) is 1.47. The Hall–Kier alpha value is -1.22. The van der Waals surface area contributed by atoms with E-state index in [4.69, 9.17) is 9.47 Å². The molecule has 12 atom stereocenters. The lowest BCUT2D eigenvalue weighted by Crippen LogP contribution is -2.56. The molecule has 0 bridgehead atoms. The second-order valence-electron chi connectivity index (χ2n) is 19.7. The van der Waals surface area contributed by atoms with Gasteiger partial charge in [-0.25, -0.2) is 0 Å². The van der Waals surface area contributed by atoms with Crippen molar-refractivity contribution in [1.82, 2.24) is 20.0 Å². The van der Waals surface area contributed by atoms with E-state index in [1.54, 1.807) is 0 Å². The van der Waals surface area contributed by atoms with Crippen LogP contribution in [0.2, 0.25) is 0 Å². The first kappa shape index (κ1) is 35.8. The molecule has 8 rings (SSSR count). The highest BCUT2D eigenvalue weighted by Crippen LogP contribution is 2.71. The van der Waals surface area contributed by atoms with Crippen LogP contribution in [0.3, 0.4) is 0 Å². The number of fused-ring (bicyclic) bond motifs is 7. The second-order valence-corrected chi connectivity index (χ2v) is 19.7. The summed E-state index contributed by atoms with van der Waals surface area (Å²) in [5.74, 6) is 4.39. The van der Waals surface area contributed by atoms with E-state index in [0.717, 1.165) is 69.8 Å². The van der Waals surface area contributed by atoms with E-state index in [-0.39, 0.29) is 30.1 Å². The van der Waals surface area contributed by atoms with Gasteiger partial charge in [-0.3, -0.25) is 14.5 Å². The van der Waals surface area contributed by atoms with Crippen LogP contribution in [0.4, 0.5) is 0 Å². The van der Waals surface area contributed by atoms with Crippen LogP contribution in [0.15, 0.2) is 0 Å². The molecule has 8 aliphatic rings. The van der Waals surface area contributed by atoms with E-state index in [0.29, 0.717) is 52.7 Å². The topological polar surface area (TPSA) is 74.4 Å². The van der Waals surface area contributed by atoms with Crippen LogP contribution in [0.5, 0.6) is 0 Å². The van der Waals surface area contributed by atoms with Gasteiger partial charge in [0.15, 0.2) is 5.79 Å². The highest BCUT2D eigenvalue weighted by atomic mass is 16.7. The average molecular weight is 695 g/mol. The quantitative estimate of drug-likeness (QED) is 0.340. The lowest BCUT2D eigenvalue weighted by atomic mass is 9.44. The summed E-state index contributed by atoms with van der Waals surface area (Å²) < 4.78 is 13.6. The summed E-state index contributed by atoms with van der Waals surface area (Å²) in [6.45, 7) is 21.2. The van der Waals surface area contributed by atoms with Crippen LogP contribution in [-0.2, 0) is 19.1 Å². The van der Waals surface area contributed by atoms with E-state index >= 15 is 0 Å². The van der Waals surface area contributed by atoms with E-state index < -0.39 is 0 Å². The predicted octanol–water partition coefficient (Wildman–Crippen LogP) is 6.32. The summed E-state index contributed by atoms with van der Waals surface area (Å²) in [6.07, 6.45) is 15.0. The van der Waals surface area contributed by atoms with Gasteiger partial charge < -0.3 is 24.6 Å². The van der Waals surface area contributed by atoms with Gasteiger partial charge in [0.2, 0.25) is 11.8 Å². The SMILES string of the molecule is CC(C)N1CCC(N2CCN(C(=O)CC(=O)N[C@H]3CC[C@]4(C)C5CC[C@]6(C)[C@@H]7[C@H](C[C@H]6[C@@H]5CC[C@@H]4C3)O[C@]3(CC[C@@H](C)CO3)[C@H]7C)CC2)CC1. The minimum Gasteiger partial charge on any atom is -0.353 e. The number of nitrogens with zero attached hydrogens (tertiary/aromatic N) is 3. The number of piperidine rings is 1. The number of nitrogens with one attached hydrogen (secondary N) is 1. The molecule has 8 nitrogen and oxygen atoms in total. The Morgan fingerprint density at radius 3 is 2.26 bits per heavy atom. The zero-order chi connectivity index (χ0) is 35.0. The monoisotopic (exact) mass is 695 g/mol. The van der Waals surface area contributed by atoms with Crippen LogP contribution < -0.4 is 5.32 Å². The minimum atomic E-state index is -0.330. The van der Waals surface area contributed by atoms with E-state index in [1.807, 2.05) is 4.90 Å². The van der Waals surface area contributed by atoms with Crippen LogP contribution in [0.25, 0.3) is 0 Å². The molecule has 0 aromatic heterocycles. The average Bonchev–Trinajstić information content (AvgIpc) is 3.55. The van der Waals surface area contributed by atoms with Gasteiger partial charge in [-0.1, -0.05) is 27.7 Å². The molecule has 1 spiro atoms. The molecule has 4 aliphatic heterocycles. The minimum absolute atomic E-state index is 0.00432. The largest absolute Gasteiger partial charge is 0.353 e. The van der Waals surface area contributed by atoms with E-state index in [9.17, 15) is 9.59 Å². The zero-order valence-electron chi connectivity index (χ0n) is 32.5. The van der Waals surface area contributed by atoms with Gasteiger partial charge in [0.25, 0.3) is 0 Å². The summed E-state index contributed by atoms with van der Waals surface area (Å²) >= 11 is 0. The molecule has 0 radical (unpaired) electrons. The molecule has 50 heavy (non-hydrogen) atoms. The molecule has 0 aromatic carbocycles. The molecule has 4 saturated heterocycles. The Labute approximate surface area is 303 Å². The van der Waals surface area contributed by atoms with Gasteiger partial charge in [-0.2, -0.15) is 0 Å². The third kappa shape index (κ3) is 6.10. The summed E-state index contributed by atoms with van der Waals surface area (Å²) in [7, 11) is 0. The van der Waals surface area contributed by atoms with E-state index in [1.165, 1.54) is 70.9 Å². The lowest BCUT2D eigenvalue weighted by Gasteiger charge is -2.61. The fourth-order valence-electron chi connectivity index (χ4n) is 14.0. The van der Waals surface area contributed by atoms with Crippen molar-refractivity contribution in [2.24, 2.45) is 52.3 Å². The molecule has 8 heteroatoms. The number of carbonyl (C=O) groups excluding carboxylic acids is 2. The lowest BCUT2D eigenvalue weighted by molar-refractivity contribution is -0.273. The summed E-state index contributed by atoms with van der Waals surface area (Å²) in [4.78, 5) is 33.6. The molecule has 0 aromatic rings. The fourth-order valence-corrected chi connectivity index (χ4v) is 14.0. The Morgan fingerprint density at radius 1 is 0.820 bits per heavy atom. The fraction of sp³-hybridized carbons (Fsp3) is 0.952. The molecule has 2 amide bonds. The first-order chi connectivity index (χ1) is 23.9. The second kappa shape index (κ2) is 13.6. The number of hydrogen-bond donors (Lipinski definition) is 1. The first-order valence-corrected chi connectivity index (χ1v) is 21.3. The standard InChI is InChI=1S/C42H70N4O4/c1-27(2)44-17-12-32(13-18-44)45-19-21-46(22-20-45)38(48)25-37(47)43-31-10-14-40(5)30(23-31)7-8-33-34(40)11-15-41(6)35(33)24-36-39(41)29(4)42(50-36)16-9-28(3)26-49-42/h27-36,39H,7-26H2,1-6H3,(H,43,47)/t28-,29+,30-,31+,33-,34?,35+,36+,39+,40+,41+,42-/m1/s1. The van der Waals surface area contributed by atoms with Gasteiger partial charge in [0.05, 0.1) is 12.7 Å². The van der Waals surface area contributed by atoms with Crippen molar-refractivity contribution in [3.63, 3.8) is 0 Å². The molecule has 282 valence electrons. The number of rotatable bonds is 5. The highest BCUT2D eigenvalue weighted by molar-refractivity contribution is 5.97. The van der Waals surface area contributed by atoms with Crippen molar-refractivity contribution < 1.29 is 19.1 Å². The van der Waals surface area contributed by atoms with Gasteiger partial charge >= 0.3 is 0 Å². The summed E-state index contributed by atoms with van der Waals surface area (Å²) in [5.41, 5.74) is 0.723. The zero-order valence-corrected chi connectivity index (χ0v) is 32.5. The predicted molar refractivity (Wildman–Crippen MR) is 196 cm³/mol.